The molecule has 0 aromatic rings. The van der Waals surface area contributed by atoms with Gasteiger partial charge in [0.1, 0.15) is 17.4 Å². The van der Waals surface area contributed by atoms with E-state index >= 15 is 0 Å². The number of aliphatic hydroxyl groups excluding tert-OH is 1. The summed E-state index contributed by atoms with van der Waals surface area (Å²) in [5.41, 5.74) is -2.73. The monoisotopic (exact) mass is 239 g/mol. The molecule has 0 amide bonds. The summed E-state index contributed by atoms with van der Waals surface area (Å²) in [5, 5.41) is 29.0. The van der Waals surface area contributed by atoms with Crippen LogP contribution in [0.5, 0.6) is 0 Å². The quantitative estimate of drug-likeness (QED) is 0.562. The SMILES string of the molecule is CCOC(=O)C1=C(O)CC(C)(C)CC1(O)C#N. The summed E-state index contributed by atoms with van der Waals surface area (Å²) in [6.45, 7) is 5.37. The van der Waals surface area contributed by atoms with Gasteiger partial charge in [-0.05, 0) is 18.8 Å². The third-order valence-electron chi connectivity index (χ3n) is 2.75. The number of nitrogens with zero attached hydrogens (tertiary/aromatic N) is 1. The van der Waals surface area contributed by atoms with E-state index in [-0.39, 0.29) is 30.8 Å². The molecule has 1 unspecified atom stereocenters. The Morgan fingerprint density at radius 1 is 1.59 bits per heavy atom. The molecule has 5 nitrogen and oxygen atoms in total. The smallest absolute Gasteiger partial charge is 0.341 e. The van der Waals surface area contributed by atoms with Crippen molar-refractivity contribution in [2.45, 2.75) is 39.2 Å². The highest BCUT2D eigenvalue weighted by Gasteiger charge is 2.48. The van der Waals surface area contributed by atoms with Crippen molar-refractivity contribution in [2.75, 3.05) is 6.61 Å². The normalized spacial score (nSPS) is 27.5. The maximum Gasteiger partial charge on any atom is 0.341 e. The molecule has 0 aromatic carbocycles. The predicted octanol–water partition coefficient (Wildman–Crippen LogP) is 1.44. The van der Waals surface area contributed by atoms with Crippen LogP contribution in [-0.2, 0) is 9.53 Å². The third-order valence-corrected chi connectivity index (χ3v) is 2.75. The highest BCUT2D eigenvalue weighted by molar-refractivity contribution is 5.92. The number of ether oxygens (including phenoxy) is 1. The van der Waals surface area contributed by atoms with Gasteiger partial charge in [-0.25, -0.2) is 4.79 Å². The first-order valence-corrected chi connectivity index (χ1v) is 5.49. The standard InChI is InChI=1S/C12H17NO4/c1-4-17-10(15)9-8(14)5-11(2,3)6-12(9,16)7-13/h14,16H,4-6H2,1-3H3. The highest BCUT2D eigenvalue weighted by atomic mass is 16.5. The zero-order valence-electron chi connectivity index (χ0n) is 10.3. The van der Waals surface area contributed by atoms with Crippen LogP contribution < -0.4 is 0 Å². The lowest BCUT2D eigenvalue weighted by Gasteiger charge is -2.37. The lowest BCUT2D eigenvalue weighted by molar-refractivity contribution is -0.141. The minimum Gasteiger partial charge on any atom is -0.512 e. The second-order valence-electron chi connectivity index (χ2n) is 5.03. The van der Waals surface area contributed by atoms with Crippen molar-refractivity contribution in [3.8, 4) is 6.07 Å². The van der Waals surface area contributed by atoms with Crippen molar-refractivity contribution in [1.29, 1.82) is 5.26 Å². The van der Waals surface area contributed by atoms with Gasteiger partial charge in [-0.3, -0.25) is 0 Å². The molecule has 0 heterocycles. The number of rotatable bonds is 2. The van der Waals surface area contributed by atoms with Gasteiger partial charge >= 0.3 is 5.97 Å². The Hall–Kier alpha value is -1.54. The lowest BCUT2D eigenvalue weighted by atomic mass is 9.69. The van der Waals surface area contributed by atoms with Gasteiger partial charge in [0.15, 0.2) is 5.60 Å². The number of nitriles is 1. The fourth-order valence-electron chi connectivity index (χ4n) is 2.21. The molecular formula is C12H17NO4. The Labute approximate surface area is 100 Å². The van der Waals surface area contributed by atoms with Crippen LogP contribution in [0.25, 0.3) is 0 Å². The van der Waals surface area contributed by atoms with Crippen LogP contribution in [0.4, 0.5) is 0 Å². The molecule has 94 valence electrons. The van der Waals surface area contributed by atoms with E-state index in [2.05, 4.69) is 0 Å². The van der Waals surface area contributed by atoms with Crippen molar-refractivity contribution in [3.05, 3.63) is 11.3 Å². The van der Waals surface area contributed by atoms with Crippen molar-refractivity contribution in [3.63, 3.8) is 0 Å². The second-order valence-corrected chi connectivity index (χ2v) is 5.03. The number of carbonyl (C=O) groups is 1. The summed E-state index contributed by atoms with van der Waals surface area (Å²) in [7, 11) is 0. The maximum absolute atomic E-state index is 11.6. The fraction of sp³-hybridized carbons (Fsp3) is 0.667. The number of carbonyl (C=O) groups excluding carboxylic acids is 1. The summed E-state index contributed by atoms with van der Waals surface area (Å²) in [6, 6.07) is 1.69. The molecule has 0 aliphatic heterocycles. The van der Waals surface area contributed by atoms with E-state index in [1.54, 1.807) is 13.0 Å². The van der Waals surface area contributed by atoms with Crippen molar-refractivity contribution in [2.24, 2.45) is 5.41 Å². The number of hydrogen-bond donors (Lipinski definition) is 2. The molecular weight excluding hydrogens is 222 g/mol. The predicted molar refractivity (Wildman–Crippen MR) is 59.9 cm³/mol. The summed E-state index contributed by atoms with van der Waals surface area (Å²) in [6.07, 6.45) is 0.333. The van der Waals surface area contributed by atoms with E-state index in [0.717, 1.165) is 0 Å². The first-order valence-electron chi connectivity index (χ1n) is 5.49. The van der Waals surface area contributed by atoms with E-state index in [1.165, 1.54) is 0 Å². The molecule has 5 heteroatoms. The fourth-order valence-corrected chi connectivity index (χ4v) is 2.21. The van der Waals surface area contributed by atoms with E-state index in [1.807, 2.05) is 13.8 Å². The molecule has 1 aliphatic carbocycles. The largest absolute Gasteiger partial charge is 0.512 e. The van der Waals surface area contributed by atoms with E-state index in [4.69, 9.17) is 10.00 Å². The summed E-state index contributed by atoms with van der Waals surface area (Å²) >= 11 is 0. The highest BCUT2D eigenvalue weighted by Crippen LogP contribution is 2.43. The van der Waals surface area contributed by atoms with E-state index in [9.17, 15) is 15.0 Å². The number of aliphatic hydroxyl groups is 2. The van der Waals surface area contributed by atoms with Crippen LogP contribution in [0.1, 0.15) is 33.6 Å². The van der Waals surface area contributed by atoms with E-state index < -0.39 is 17.0 Å². The zero-order chi connectivity index (χ0) is 13.3. The van der Waals surface area contributed by atoms with Crippen LogP contribution in [0.15, 0.2) is 11.3 Å². The molecule has 1 rings (SSSR count). The van der Waals surface area contributed by atoms with Gasteiger partial charge in [0, 0.05) is 6.42 Å². The van der Waals surface area contributed by atoms with Crippen LogP contribution in [0, 0.1) is 16.7 Å². The molecule has 0 saturated carbocycles. The minimum atomic E-state index is -1.97. The van der Waals surface area contributed by atoms with Crippen LogP contribution >= 0.6 is 0 Å². The Morgan fingerprint density at radius 3 is 2.65 bits per heavy atom. The average molecular weight is 239 g/mol. The van der Waals surface area contributed by atoms with Gasteiger partial charge in [-0.2, -0.15) is 5.26 Å². The first-order chi connectivity index (χ1) is 7.75. The minimum absolute atomic E-state index is 0.0920. The van der Waals surface area contributed by atoms with Crippen molar-refractivity contribution >= 4 is 5.97 Å². The molecule has 2 N–H and O–H groups in total. The Balaban J connectivity index is 3.23. The van der Waals surface area contributed by atoms with Gasteiger partial charge < -0.3 is 14.9 Å². The molecule has 1 atom stereocenters. The number of hydrogen-bond acceptors (Lipinski definition) is 5. The molecule has 1 aliphatic rings. The Morgan fingerprint density at radius 2 is 2.18 bits per heavy atom. The number of esters is 1. The average Bonchev–Trinajstić information content (AvgIpc) is 2.14. The van der Waals surface area contributed by atoms with Crippen molar-refractivity contribution in [1.82, 2.24) is 0 Å². The topological polar surface area (TPSA) is 90.6 Å². The third kappa shape index (κ3) is 2.59. The van der Waals surface area contributed by atoms with Crippen LogP contribution in [-0.4, -0.2) is 28.4 Å². The Bertz CT molecular complexity index is 405. The molecule has 0 fully saturated rings. The summed E-state index contributed by atoms with van der Waals surface area (Å²) in [4.78, 5) is 11.6. The molecule has 0 saturated heterocycles. The van der Waals surface area contributed by atoms with Gasteiger partial charge in [-0.15, -0.1) is 0 Å². The van der Waals surface area contributed by atoms with Gasteiger partial charge in [0.25, 0.3) is 0 Å². The molecule has 0 radical (unpaired) electrons. The van der Waals surface area contributed by atoms with Crippen LogP contribution in [0.3, 0.4) is 0 Å². The second kappa shape index (κ2) is 4.38. The first kappa shape index (κ1) is 13.5. The maximum atomic E-state index is 11.6. The van der Waals surface area contributed by atoms with E-state index in [0.29, 0.717) is 0 Å². The molecule has 0 spiro atoms. The van der Waals surface area contributed by atoms with Crippen molar-refractivity contribution < 1.29 is 19.7 Å². The van der Waals surface area contributed by atoms with Gasteiger partial charge in [0.05, 0.1) is 6.61 Å². The zero-order valence-corrected chi connectivity index (χ0v) is 10.3. The summed E-state index contributed by atoms with van der Waals surface area (Å²) < 4.78 is 4.75. The van der Waals surface area contributed by atoms with Crippen LogP contribution in [0.2, 0.25) is 0 Å². The van der Waals surface area contributed by atoms with Gasteiger partial charge in [0.2, 0.25) is 0 Å². The lowest BCUT2D eigenvalue weighted by Crippen LogP contribution is -2.43. The molecule has 0 aromatic heterocycles. The molecule has 17 heavy (non-hydrogen) atoms. The molecule has 0 bridgehead atoms. The number of allylic oxidation sites excluding steroid dienone is 1. The summed E-state index contributed by atoms with van der Waals surface area (Å²) in [5.74, 6) is -1.09. The van der Waals surface area contributed by atoms with Gasteiger partial charge in [-0.1, -0.05) is 13.8 Å². The Kier molecular flexibility index (Phi) is 3.48.